The summed E-state index contributed by atoms with van der Waals surface area (Å²) in [6.45, 7) is 7.86. The molecule has 17 heavy (non-hydrogen) atoms. The minimum Gasteiger partial charge on any atom is -0.377 e. The van der Waals surface area contributed by atoms with Crippen LogP contribution in [0.4, 0.5) is 0 Å². The third kappa shape index (κ3) is 3.96. The Hall–Kier alpha value is -0.0800. The number of hydrogen-bond acceptors (Lipinski definition) is 2. The molecule has 102 valence electrons. The van der Waals surface area contributed by atoms with Gasteiger partial charge in [-0.3, -0.25) is 0 Å². The summed E-state index contributed by atoms with van der Waals surface area (Å²) >= 11 is 0. The van der Waals surface area contributed by atoms with E-state index in [4.69, 9.17) is 4.74 Å². The monoisotopic (exact) mass is 241 g/mol. The Kier molecular flexibility index (Phi) is 6.50. The fraction of sp³-hybridized carbons (Fsp3) is 1.00. The van der Waals surface area contributed by atoms with Gasteiger partial charge in [-0.25, -0.2) is 0 Å². The standard InChI is InChI=1S/C15H31NO/c1-5-12-16-14(15(3,6-2)17-4)13-10-8-7-9-11-13/h13-14,16H,5-12H2,1-4H3. The van der Waals surface area contributed by atoms with Crippen molar-refractivity contribution >= 4 is 0 Å². The lowest BCUT2D eigenvalue weighted by Crippen LogP contribution is -2.54. The Morgan fingerprint density at radius 1 is 1.24 bits per heavy atom. The molecule has 0 aromatic heterocycles. The van der Waals surface area contributed by atoms with Gasteiger partial charge in [-0.15, -0.1) is 0 Å². The molecule has 1 N–H and O–H groups in total. The summed E-state index contributed by atoms with van der Waals surface area (Å²) in [4.78, 5) is 0. The van der Waals surface area contributed by atoms with Crippen molar-refractivity contribution in [2.75, 3.05) is 13.7 Å². The lowest BCUT2D eigenvalue weighted by molar-refractivity contribution is -0.0499. The first-order valence-corrected chi connectivity index (χ1v) is 7.46. The summed E-state index contributed by atoms with van der Waals surface area (Å²) in [5.74, 6) is 0.806. The van der Waals surface area contributed by atoms with Crippen molar-refractivity contribution in [3.8, 4) is 0 Å². The van der Waals surface area contributed by atoms with Crippen LogP contribution in [0.3, 0.4) is 0 Å². The topological polar surface area (TPSA) is 21.3 Å². The molecule has 1 rings (SSSR count). The summed E-state index contributed by atoms with van der Waals surface area (Å²) in [7, 11) is 1.87. The fourth-order valence-corrected chi connectivity index (χ4v) is 3.14. The summed E-state index contributed by atoms with van der Waals surface area (Å²) in [6.07, 6.45) is 9.26. The van der Waals surface area contributed by atoms with Crippen LogP contribution in [0.1, 0.15) is 65.7 Å². The molecule has 0 saturated heterocycles. The molecule has 0 bridgehead atoms. The second-order valence-electron chi connectivity index (χ2n) is 5.70. The van der Waals surface area contributed by atoms with Crippen molar-refractivity contribution in [3.63, 3.8) is 0 Å². The highest BCUT2D eigenvalue weighted by Crippen LogP contribution is 2.34. The zero-order valence-corrected chi connectivity index (χ0v) is 12.2. The van der Waals surface area contributed by atoms with Gasteiger partial charge in [-0.05, 0) is 45.1 Å². The molecule has 2 heteroatoms. The molecule has 0 radical (unpaired) electrons. The van der Waals surface area contributed by atoms with Crippen LogP contribution in [0.15, 0.2) is 0 Å². The molecule has 0 aromatic carbocycles. The van der Waals surface area contributed by atoms with Crippen molar-refractivity contribution in [2.24, 2.45) is 5.92 Å². The molecule has 0 aliphatic heterocycles. The fourth-order valence-electron chi connectivity index (χ4n) is 3.14. The molecule has 0 aromatic rings. The van der Waals surface area contributed by atoms with Gasteiger partial charge in [0.15, 0.2) is 0 Å². The highest BCUT2D eigenvalue weighted by atomic mass is 16.5. The largest absolute Gasteiger partial charge is 0.377 e. The highest BCUT2D eigenvalue weighted by Gasteiger charge is 2.37. The van der Waals surface area contributed by atoms with Gasteiger partial charge in [-0.1, -0.05) is 33.1 Å². The van der Waals surface area contributed by atoms with Crippen LogP contribution < -0.4 is 5.32 Å². The van der Waals surface area contributed by atoms with Crippen molar-refractivity contribution in [2.45, 2.75) is 77.4 Å². The maximum atomic E-state index is 5.84. The first kappa shape index (κ1) is 15.0. The normalized spacial score (nSPS) is 23.3. The lowest BCUT2D eigenvalue weighted by Gasteiger charge is -2.42. The smallest absolute Gasteiger partial charge is 0.0803 e. The lowest BCUT2D eigenvalue weighted by atomic mass is 9.76. The van der Waals surface area contributed by atoms with Crippen LogP contribution in [0.5, 0.6) is 0 Å². The van der Waals surface area contributed by atoms with Gasteiger partial charge in [0.1, 0.15) is 0 Å². The van der Waals surface area contributed by atoms with E-state index in [0.717, 1.165) is 18.9 Å². The predicted molar refractivity (Wildman–Crippen MR) is 74.4 cm³/mol. The zero-order valence-electron chi connectivity index (χ0n) is 12.2. The van der Waals surface area contributed by atoms with Gasteiger partial charge < -0.3 is 10.1 Å². The van der Waals surface area contributed by atoms with Gasteiger partial charge in [0, 0.05) is 13.2 Å². The SMILES string of the molecule is CCCNC(C1CCCCC1)C(C)(CC)OC. The van der Waals surface area contributed by atoms with Gasteiger partial charge in [0.2, 0.25) is 0 Å². The van der Waals surface area contributed by atoms with Gasteiger partial charge in [0.25, 0.3) is 0 Å². The van der Waals surface area contributed by atoms with E-state index in [1.165, 1.54) is 38.5 Å². The van der Waals surface area contributed by atoms with E-state index in [9.17, 15) is 0 Å². The Morgan fingerprint density at radius 3 is 2.35 bits per heavy atom. The third-order valence-electron chi connectivity index (χ3n) is 4.56. The third-order valence-corrected chi connectivity index (χ3v) is 4.56. The molecule has 2 unspecified atom stereocenters. The van der Waals surface area contributed by atoms with Crippen LogP contribution in [-0.4, -0.2) is 25.3 Å². The molecule has 0 heterocycles. The van der Waals surface area contributed by atoms with Gasteiger partial charge in [-0.2, -0.15) is 0 Å². The zero-order chi connectivity index (χ0) is 12.7. The molecule has 1 fully saturated rings. The molecule has 1 aliphatic carbocycles. The molecule has 2 atom stereocenters. The Labute approximate surface area is 108 Å². The average molecular weight is 241 g/mol. The first-order valence-electron chi connectivity index (χ1n) is 7.46. The van der Waals surface area contributed by atoms with E-state index in [2.05, 4.69) is 26.1 Å². The Morgan fingerprint density at radius 2 is 1.88 bits per heavy atom. The van der Waals surface area contributed by atoms with Crippen LogP contribution >= 0.6 is 0 Å². The average Bonchev–Trinajstić information content (AvgIpc) is 2.40. The molecular formula is C15H31NO. The molecule has 0 amide bonds. The number of nitrogens with one attached hydrogen (secondary N) is 1. The number of hydrogen-bond donors (Lipinski definition) is 1. The molecule has 1 saturated carbocycles. The van der Waals surface area contributed by atoms with E-state index < -0.39 is 0 Å². The summed E-state index contributed by atoms with van der Waals surface area (Å²) in [6, 6.07) is 0.526. The minimum atomic E-state index is -0.00280. The van der Waals surface area contributed by atoms with Crippen LogP contribution in [0.2, 0.25) is 0 Å². The summed E-state index contributed by atoms with van der Waals surface area (Å²) in [5.41, 5.74) is -0.00280. The Balaban J connectivity index is 2.69. The van der Waals surface area contributed by atoms with E-state index in [0.29, 0.717) is 6.04 Å². The molecule has 2 nitrogen and oxygen atoms in total. The first-order chi connectivity index (χ1) is 8.18. The molecule has 0 spiro atoms. The van der Waals surface area contributed by atoms with Crippen molar-refractivity contribution in [3.05, 3.63) is 0 Å². The predicted octanol–water partition coefficient (Wildman–Crippen LogP) is 3.75. The van der Waals surface area contributed by atoms with Gasteiger partial charge >= 0.3 is 0 Å². The van der Waals surface area contributed by atoms with Crippen LogP contribution in [-0.2, 0) is 4.74 Å². The quantitative estimate of drug-likeness (QED) is 0.733. The van der Waals surface area contributed by atoms with Crippen molar-refractivity contribution in [1.82, 2.24) is 5.32 Å². The van der Waals surface area contributed by atoms with E-state index in [1.54, 1.807) is 0 Å². The number of rotatable bonds is 7. The molecule has 1 aliphatic rings. The minimum absolute atomic E-state index is 0.00280. The van der Waals surface area contributed by atoms with Crippen molar-refractivity contribution < 1.29 is 4.74 Å². The van der Waals surface area contributed by atoms with Gasteiger partial charge in [0.05, 0.1) is 5.60 Å². The van der Waals surface area contributed by atoms with Crippen LogP contribution in [0.25, 0.3) is 0 Å². The number of ether oxygens (including phenoxy) is 1. The maximum absolute atomic E-state index is 5.84. The van der Waals surface area contributed by atoms with Crippen LogP contribution in [0, 0.1) is 5.92 Å². The van der Waals surface area contributed by atoms with Crippen molar-refractivity contribution in [1.29, 1.82) is 0 Å². The van der Waals surface area contributed by atoms with E-state index >= 15 is 0 Å². The summed E-state index contributed by atoms with van der Waals surface area (Å²) in [5, 5.41) is 3.76. The number of methoxy groups -OCH3 is 1. The highest BCUT2D eigenvalue weighted by molar-refractivity contribution is 4.94. The second-order valence-corrected chi connectivity index (χ2v) is 5.70. The van der Waals surface area contributed by atoms with E-state index in [1.807, 2.05) is 7.11 Å². The molecular weight excluding hydrogens is 210 g/mol. The Bertz CT molecular complexity index is 195. The van der Waals surface area contributed by atoms with E-state index in [-0.39, 0.29) is 5.60 Å². The second kappa shape index (κ2) is 7.38. The maximum Gasteiger partial charge on any atom is 0.0803 e. The summed E-state index contributed by atoms with van der Waals surface area (Å²) < 4.78 is 5.84.